The zero-order valence-electron chi connectivity index (χ0n) is 18.1. The highest BCUT2D eigenvalue weighted by atomic mass is 32.2. The number of aryl methyl sites for hydroxylation is 2. The van der Waals surface area contributed by atoms with E-state index < -0.39 is 28.2 Å². The van der Waals surface area contributed by atoms with Gasteiger partial charge in [0, 0.05) is 12.6 Å². The van der Waals surface area contributed by atoms with Crippen molar-refractivity contribution in [3.8, 4) is 5.75 Å². The van der Waals surface area contributed by atoms with Crippen LogP contribution < -0.4 is 15.4 Å². The number of rotatable bonds is 6. The lowest BCUT2D eigenvalue weighted by Gasteiger charge is -2.43. The summed E-state index contributed by atoms with van der Waals surface area (Å²) in [5.74, 6) is -0.877. The lowest BCUT2D eigenvalue weighted by molar-refractivity contribution is -0.215. The van der Waals surface area contributed by atoms with Gasteiger partial charge in [0.25, 0.3) is 0 Å². The smallest absolute Gasteiger partial charge is 0.338 e. The van der Waals surface area contributed by atoms with Crippen molar-refractivity contribution < 1.29 is 27.9 Å². The third-order valence-corrected chi connectivity index (χ3v) is 7.82. The lowest BCUT2D eigenvalue weighted by atomic mass is 9.79. The molecular formula is C20H31N3O6S. The van der Waals surface area contributed by atoms with E-state index in [0.717, 1.165) is 13.1 Å². The van der Waals surface area contributed by atoms with Crippen molar-refractivity contribution in [2.75, 3.05) is 26.0 Å². The molecule has 2 aliphatic rings. The molecule has 0 bridgehead atoms. The summed E-state index contributed by atoms with van der Waals surface area (Å²) in [7, 11) is -2.21. The highest BCUT2D eigenvalue weighted by Crippen LogP contribution is 2.34. The lowest BCUT2D eigenvalue weighted by Crippen LogP contribution is -2.58. The van der Waals surface area contributed by atoms with Gasteiger partial charge < -0.3 is 15.2 Å². The average molecular weight is 442 g/mol. The molecule has 9 nitrogen and oxygen atoms in total. The first-order valence-corrected chi connectivity index (χ1v) is 11.6. The number of sulfone groups is 1. The highest BCUT2D eigenvalue weighted by molar-refractivity contribution is 7.91. The molecule has 30 heavy (non-hydrogen) atoms. The van der Waals surface area contributed by atoms with Crippen LogP contribution in [-0.2, 0) is 19.5 Å². The Morgan fingerprint density at radius 2 is 1.97 bits per heavy atom. The zero-order valence-corrected chi connectivity index (χ0v) is 18.9. The molecule has 0 amide bonds. The second-order valence-electron chi connectivity index (χ2n) is 8.70. The largest absolute Gasteiger partial charge is 0.497 e. The van der Waals surface area contributed by atoms with Gasteiger partial charge in [-0.25, -0.2) is 13.2 Å². The Balaban J connectivity index is 1.84. The number of carboxylic acids is 1. The number of hydrogen-bond acceptors (Lipinski definition) is 8. The Bertz CT molecular complexity index is 894. The molecular weight excluding hydrogens is 410 g/mol. The van der Waals surface area contributed by atoms with E-state index in [1.165, 1.54) is 12.2 Å². The first-order chi connectivity index (χ1) is 14.0. The van der Waals surface area contributed by atoms with E-state index in [1.54, 1.807) is 26.0 Å². The third kappa shape index (κ3) is 4.47. The van der Waals surface area contributed by atoms with Crippen LogP contribution >= 0.6 is 0 Å². The Morgan fingerprint density at radius 1 is 1.33 bits per heavy atom. The van der Waals surface area contributed by atoms with Gasteiger partial charge in [0.2, 0.25) is 0 Å². The van der Waals surface area contributed by atoms with Crippen LogP contribution in [0.2, 0.25) is 0 Å². The molecule has 0 aromatic heterocycles. The summed E-state index contributed by atoms with van der Waals surface area (Å²) in [6.45, 7) is 8.98. The summed E-state index contributed by atoms with van der Waals surface area (Å²) < 4.78 is 31.6. The molecule has 3 atom stereocenters. The normalized spacial score (nSPS) is 27.2. The molecule has 1 aromatic rings. The number of carbonyl (C=O) groups is 1. The minimum atomic E-state index is -3.74. The molecule has 2 heterocycles. The Labute approximate surface area is 177 Å². The molecule has 168 valence electrons. The SMILES string of the molecule is COc1cc(C)c(S(=O)(=O)CC2NC(C(=O)O)N(C3CCNCC3(C)C)O2)c(C)c1. The molecule has 2 fully saturated rings. The maximum Gasteiger partial charge on any atom is 0.338 e. The predicted octanol–water partition coefficient (Wildman–Crippen LogP) is 1.05. The fraction of sp³-hybridized carbons (Fsp3) is 0.650. The summed E-state index contributed by atoms with van der Waals surface area (Å²) in [6.07, 6.45) is -1.36. The summed E-state index contributed by atoms with van der Waals surface area (Å²) in [4.78, 5) is 18.0. The average Bonchev–Trinajstić information content (AvgIpc) is 3.03. The molecule has 1 aromatic carbocycles. The molecule has 10 heteroatoms. The van der Waals surface area contributed by atoms with Crippen molar-refractivity contribution in [3.05, 3.63) is 23.3 Å². The fourth-order valence-corrected chi connectivity index (χ4v) is 6.25. The number of ether oxygens (including phenoxy) is 1. The number of nitrogens with one attached hydrogen (secondary N) is 2. The standard InChI is InChI=1S/C20H31N3O6S/c1-12-8-14(28-5)9-13(2)17(12)30(26,27)10-16-22-18(19(24)25)23(29-16)15-6-7-21-11-20(15,3)4/h8-9,15-16,18,21-22H,6-7,10-11H2,1-5H3,(H,24,25). The van der Waals surface area contributed by atoms with Gasteiger partial charge in [-0.15, -0.1) is 0 Å². The molecule has 0 spiro atoms. The van der Waals surface area contributed by atoms with Crippen molar-refractivity contribution in [2.45, 2.75) is 57.4 Å². The molecule has 0 radical (unpaired) electrons. The minimum absolute atomic E-state index is 0.162. The van der Waals surface area contributed by atoms with Gasteiger partial charge in [-0.3, -0.25) is 10.2 Å². The summed E-state index contributed by atoms with van der Waals surface area (Å²) in [6, 6.07) is 3.18. The minimum Gasteiger partial charge on any atom is -0.497 e. The maximum absolute atomic E-state index is 13.2. The van der Waals surface area contributed by atoms with Gasteiger partial charge in [0.05, 0.1) is 17.8 Å². The maximum atomic E-state index is 13.2. The number of hydroxylamine groups is 2. The van der Waals surface area contributed by atoms with Crippen LogP contribution in [0.4, 0.5) is 0 Å². The zero-order chi connectivity index (χ0) is 22.3. The number of piperidine rings is 1. The molecule has 2 aliphatic heterocycles. The van der Waals surface area contributed by atoms with Crippen LogP contribution in [0.3, 0.4) is 0 Å². The van der Waals surface area contributed by atoms with Crippen LogP contribution in [0.1, 0.15) is 31.4 Å². The van der Waals surface area contributed by atoms with Gasteiger partial charge in [-0.1, -0.05) is 13.8 Å². The third-order valence-electron chi connectivity index (χ3n) is 5.82. The van der Waals surface area contributed by atoms with Gasteiger partial charge in [0.1, 0.15) is 12.0 Å². The monoisotopic (exact) mass is 441 g/mol. The van der Waals surface area contributed by atoms with E-state index in [4.69, 9.17) is 9.57 Å². The molecule has 3 unspecified atom stereocenters. The van der Waals surface area contributed by atoms with Crippen molar-refractivity contribution >= 4 is 15.8 Å². The van der Waals surface area contributed by atoms with Crippen LogP contribution in [0.15, 0.2) is 17.0 Å². The van der Waals surface area contributed by atoms with Gasteiger partial charge in [-0.05, 0) is 55.5 Å². The Hall–Kier alpha value is -1.72. The van der Waals surface area contributed by atoms with E-state index in [-0.39, 0.29) is 22.1 Å². The first-order valence-electron chi connectivity index (χ1n) is 9.99. The number of carboxylic acid groups (broad SMARTS) is 1. The van der Waals surface area contributed by atoms with Crippen molar-refractivity contribution in [1.29, 1.82) is 0 Å². The van der Waals surface area contributed by atoms with Crippen LogP contribution in [0.25, 0.3) is 0 Å². The number of hydrogen-bond donors (Lipinski definition) is 3. The van der Waals surface area contributed by atoms with Crippen LogP contribution in [0.5, 0.6) is 5.75 Å². The van der Waals surface area contributed by atoms with E-state index in [9.17, 15) is 18.3 Å². The second kappa shape index (κ2) is 8.43. The topological polar surface area (TPSA) is 117 Å². The number of methoxy groups -OCH3 is 1. The van der Waals surface area contributed by atoms with Gasteiger partial charge in [0.15, 0.2) is 16.0 Å². The summed E-state index contributed by atoms with van der Waals surface area (Å²) >= 11 is 0. The molecule has 0 aliphatic carbocycles. The van der Waals surface area contributed by atoms with E-state index in [2.05, 4.69) is 10.6 Å². The van der Waals surface area contributed by atoms with Crippen molar-refractivity contribution in [1.82, 2.24) is 15.7 Å². The first kappa shape index (κ1) is 23.0. The fourth-order valence-electron chi connectivity index (χ4n) is 4.43. The number of nitrogens with zero attached hydrogens (tertiary/aromatic N) is 1. The van der Waals surface area contributed by atoms with Crippen molar-refractivity contribution in [2.24, 2.45) is 5.41 Å². The Kier molecular flexibility index (Phi) is 6.45. The number of aliphatic carboxylic acids is 1. The number of benzene rings is 1. The summed E-state index contributed by atoms with van der Waals surface area (Å²) in [5.41, 5.74) is 0.928. The van der Waals surface area contributed by atoms with E-state index in [1.807, 2.05) is 13.8 Å². The highest BCUT2D eigenvalue weighted by Gasteiger charge is 2.48. The molecule has 2 saturated heterocycles. The summed E-state index contributed by atoms with van der Waals surface area (Å²) in [5, 5.41) is 17.3. The van der Waals surface area contributed by atoms with Gasteiger partial charge in [-0.2, -0.15) is 5.06 Å². The Morgan fingerprint density at radius 3 is 2.50 bits per heavy atom. The predicted molar refractivity (Wildman–Crippen MR) is 111 cm³/mol. The van der Waals surface area contributed by atoms with Crippen LogP contribution in [0, 0.1) is 19.3 Å². The van der Waals surface area contributed by atoms with Crippen LogP contribution in [-0.4, -0.2) is 68.9 Å². The molecule has 3 N–H and O–H groups in total. The molecule has 0 saturated carbocycles. The van der Waals surface area contributed by atoms with E-state index >= 15 is 0 Å². The van der Waals surface area contributed by atoms with Gasteiger partial charge >= 0.3 is 5.97 Å². The second-order valence-corrected chi connectivity index (χ2v) is 10.7. The van der Waals surface area contributed by atoms with E-state index in [0.29, 0.717) is 23.3 Å². The quantitative estimate of drug-likeness (QED) is 0.595. The molecule has 3 rings (SSSR count). The van der Waals surface area contributed by atoms with Crippen molar-refractivity contribution in [3.63, 3.8) is 0 Å².